The monoisotopic (exact) mass is 283 g/mol. The predicted octanol–water partition coefficient (Wildman–Crippen LogP) is 0.585. The second-order valence-corrected chi connectivity index (χ2v) is 7.24. The molecule has 20 heavy (non-hydrogen) atoms. The molecule has 4 atom stereocenters. The van der Waals surface area contributed by atoms with E-state index in [-0.39, 0.29) is 29.4 Å². The molecule has 0 spiro atoms. The Morgan fingerprint density at radius 3 is 2.75 bits per heavy atom. The van der Waals surface area contributed by atoms with Crippen LogP contribution in [-0.4, -0.2) is 55.7 Å². The number of rotatable bonds is 5. The Kier molecular flexibility index (Phi) is 4.15. The van der Waals surface area contributed by atoms with Gasteiger partial charge in [-0.3, -0.25) is 4.79 Å². The number of ether oxygens (including phenoxy) is 1. The van der Waals surface area contributed by atoms with Crippen LogP contribution in [0.2, 0.25) is 0 Å². The Bertz CT molecular complexity index is 383. The number of carbonyl (C=O) groups excluding carboxylic acids is 1. The molecule has 1 saturated carbocycles. The molecule has 1 amide bonds. The maximum absolute atomic E-state index is 12.7. The van der Waals surface area contributed by atoms with Crippen molar-refractivity contribution in [2.75, 3.05) is 27.2 Å². The van der Waals surface area contributed by atoms with E-state index in [4.69, 9.17) is 10.5 Å². The van der Waals surface area contributed by atoms with E-state index in [0.29, 0.717) is 0 Å². The number of fused-ring (bicyclic) bond motifs is 1. The maximum Gasteiger partial charge on any atom is 0.241 e. The topological polar surface area (TPSA) is 67.6 Å². The van der Waals surface area contributed by atoms with Crippen LogP contribution in [0.4, 0.5) is 0 Å². The lowest BCUT2D eigenvalue weighted by Crippen LogP contribution is -2.80. The molecule has 0 aromatic heterocycles. The third kappa shape index (κ3) is 2.26. The minimum absolute atomic E-state index is 0.0134. The van der Waals surface area contributed by atoms with E-state index in [1.807, 2.05) is 34.9 Å². The molecule has 4 unspecified atom stereocenters. The van der Waals surface area contributed by atoms with E-state index in [9.17, 15) is 4.79 Å². The van der Waals surface area contributed by atoms with Crippen molar-refractivity contribution in [3.8, 4) is 0 Å². The van der Waals surface area contributed by atoms with Gasteiger partial charge in [-0.15, -0.1) is 0 Å². The molecule has 2 aliphatic rings. The third-order valence-corrected chi connectivity index (χ3v) is 5.22. The van der Waals surface area contributed by atoms with Crippen LogP contribution in [0.1, 0.15) is 33.6 Å². The Hall–Kier alpha value is -0.650. The largest absolute Gasteiger partial charge is 0.377 e. The summed E-state index contributed by atoms with van der Waals surface area (Å²) in [5.74, 6) is 0.152. The zero-order chi connectivity index (χ0) is 15.1. The van der Waals surface area contributed by atoms with Crippen molar-refractivity contribution >= 4 is 5.91 Å². The first kappa shape index (κ1) is 15.7. The zero-order valence-corrected chi connectivity index (χ0v) is 13.4. The normalized spacial score (nSPS) is 36.4. The number of hydrogen-bond donors (Lipinski definition) is 2. The van der Waals surface area contributed by atoms with Crippen LogP contribution in [0.5, 0.6) is 0 Å². The van der Waals surface area contributed by atoms with Crippen molar-refractivity contribution in [3.05, 3.63) is 0 Å². The highest BCUT2D eigenvalue weighted by molar-refractivity contribution is 5.89. The second-order valence-electron chi connectivity index (χ2n) is 7.24. The third-order valence-electron chi connectivity index (χ3n) is 5.22. The molecular weight excluding hydrogens is 254 g/mol. The summed E-state index contributed by atoms with van der Waals surface area (Å²) in [6, 6.07) is 0.141. The summed E-state index contributed by atoms with van der Waals surface area (Å²) in [5.41, 5.74) is 5.43. The van der Waals surface area contributed by atoms with E-state index in [2.05, 4.69) is 10.2 Å². The summed E-state index contributed by atoms with van der Waals surface area (Å²) >= 11 is 0. The van der Waals surface area contributed by atoms with Crippen LogP contribution in [0.3, 0.4) is 0 Å². The van der Waals surface area contributed by atoms with E-state index >= 15 is 0 Å². The molecule has 2 fully saturated rings. The molecule has 116 valence electrons. The van der Waals surface area contributed by atoms with Gasteiger partial charge in [-0.25, -0.2) is 0 Å². The van der Waals surface area contributed by atoms with Gasteiger partial charge < -0.3 is 20.7 Å². The molecule has 1 heterocycles. The van der Waals surface area contributed by atoms with Gasteiger partial charge in [-0.2, -0.15) is 0 Å². The summed E-state index contributed by atoms with van der Waals surface area (Å²) in [5, 5.41) is 3.10. The Morgan fingerprint density at radius 2 is 2.15 bits per heavy atom. The summed E-state index contributed by atoms with van der Waals surface area (Å²) in [6.45, 7) is 7.81. The highest BCUT2D eigenvalue weighted by atomic mass is 16.5. The number of nitrogens with one attached hydrogen (secondary N) is 1. The van der Waals surface area contributed by atoms with Crippen LogP contribution >= 0.6 is 0 Å². The molecule has 3 N–H and O–H groups in total. The summed E-state index contributed by atoms with van der Waals surface area (Å²) < 4.78 is 5.73. The number of carbonyl (C=O) groups is 1. The minimum Gasteiger partial charge on any atom is -0.377 e. The molecule has 0 bridgehead atoms. The average molecular weight is 283 g/mol. The van der Waals surface area contributed by atoms with Crippen LogP contribution in [0.15, 0.2) is 0 Å². The fourth-order valence-corrected chi connectivity index (χ4v) is 3.71. The predicted molar refractivity (Wildman–Crippen MR) is 79.3 cm³/mol. The van der Waals surface area contributed by atoms with Crippen LogP contribution in [0.25, 0.3) is 0 Å². The van der Waals surface area contributed by atoms with Crippen molar-refractivity contribution < 1.29 is 9.53 Å². The van der Waals surface area contributed by atoms with Gasteiger partial charge in [-0.1, -0.05) is 13.8 Å². The number of hydrogen-bond acceptors (Lipinski definition) is 4. The van der Waals surface area contributed by atoms with E-state index < -0.39 is 5.54 Å². The highest BCUT2D eigenvalue weighted by Gasteiger charge is 2.71. The van der Waals surface area contributed by atoms with Gasteiger partial charge in [0.15, 0.2) is 0 Å². The van der Waals surface area contributed by atoms with Gasteiger partial charge >= 0.3 is 0 Å². The first-order chi connectivity index (χ1) is 9.21. The van der Waals surface area contributed by atoms with Crippen LogP contribution < -0.4 is 11.1 Å². The number of amides is 1. The van der Waals surface area contributed by atoms with E-state index in [1.165, 1.54) is 0 Å². The smallest absolute Gasteiger partial charge is 0.241 e. The maximum atomic E-state index is 12.7. The SMILES string of the molecule is CC(CCN(C)C)NC(=O)C1(N)C2CCOC2C1(C)C. The Morgan fingerprint density at radius 1 is 1.50 bits per heavy atom. The molecule has 1 aliphatic carbocycles. The quantitative estimate of drug-likeness (QED) is 0.775. The van der Waals surface area contributed by atoms with Crippen molar-refractivity contribution in [3.63, 3.8) is 0 Å². The summed E-state index contributed by atoms with van der Waals surface area (Å²) in [7, 11) is 4.07. The molecule has 0 aromatic rings. The van der Waals surface area contributed by atoms with Gasteiger partial charge in [0.1, 0.15) is 5.54 Å². The lowest BCUT2D eigenvalue weighted by atomic mass is 9.48. The van der Waals surface area contributed by atoms with Gasteiger partial charge in [0.25, 0.3) is 0 Å². The van der Waals surface area contributed by atoms with Gasteiger partial charge in [-0.05, 0) is 40.4 Å². The van der Waals surface area contributed by atoms with Crippen molar-refractivity contribution in [2.45, 2.75) is 51.3 Å². The second kappa shape index (κ2) is 5.28. The van der Waals surface area contributed by atoms with Crippen LogP contribution in [-0.2, 0) is 9.53 Å². The van der Waals surface area contributed by atoms with Gasteiger partial charge in [0.2, 0.25) is 5.91 Å². The Labute approximate surface area is 122 Å². The fraction of sp³-hybridized carbons (Fsp3) is 0.933. The highest BCUT2D eigenvalue weighted by Crippen LogP contribution is 2.58. The van der Waals surface area contributed by atoms with Crippen molar-refractivity contribution in [1.82, 2.24) is 10.2 Å². The van der Waals surface area contributed by atoms with Gasteiger partial charge in [0.05, 0.1) is 6.10 Å². The first-order valence-corrected chi connectivity index (χ1v) is 7.57. The van der Waals surface area contributed by atoms with E-state index in [1.54, 1.807) is 0 Å². The lowest BCUT2D eigenvalue weighted by Gasteiger charge is -2.60. The standard InChI is InChI=1S/C15H29N3O2/c1-10(6-8-18(4)5)17-13(19)15(16)11-7-9-20-12(11)14(15,2)3/h10-12H,6-9,16H2,1-5H3,(H,17,19). The number of nitrogens with two attached hydrogens (primary N) is 1. The molecule has 2 rings (SSSR count). The van der Waals surface area contributed by atoms with Gasteiger partial charge in [0, 0.05) is 24.0 Å². The molecular formula is C15H29N3O2. The molecule has 0 radical (unpaired) electrons. The summed E-state index contributed by atoms with van der Waals surface area (Å²) in [4.78, 5) is 14.8. The summed E-state index contributed by atoms with van der Waals surface area (Å²) in [6.07, 6.45) is 1.96. The fourth-order valence-electron chi connectivity index (χ4n) is 3.71. The zero-order valence-electron chi connectivity index (χ0n) is 13.4. The average Bonchev–Trinajstić information content (AvgIpc) is 2.83. The molecule has 5 heteroatoms. The molecule has 1 aliphatic heterocycles. The molecule has 1 saturated heterocycles. The van der Waals surface area contributed by atoms with Crippen molar-refractivity contribution in [1.29, 1.82) is 0 Å². The first-order valence-electron chi connectivity index (χ1n) is 7.57. The lowest BCUT2D eigenvalue weighted by molar-refractivity contribution is -0.175. The van der Waals surface area contributed by atoms with Crippen LogP contribution in [0, 0.1) is 11.3 Å². The number of nitrogens with zero attached hydrogens (tertiary/aromatic N) is 1. The molecule has 0 aromatic carbocycles. The van der Waals surface area contributed by atoms with Crippen molar-refractivity contribution in [2.24, 2.45) is 17.1 Å². The molecule has 5 nitrogen and oxygen atoms in total. The van der Waals surface area contributed by atoms with E-state index in [0.717, 1.165) is 26.0 Å². The Balaban J connectivity index is 1.98. The minimum atomic E-state index is -0.791.